The van der Waals surface area contributed by atoms with E-state index in [2.05, 4.69) is 62.1 Å². The number of allylic oxidation sites excluding steroid dienone is 1. The van der Waals surface area contributed by atoms with Crippen LogP contribution in [0.15, 0.2) is 30.3 Å². The summed E-state index contributed by atoms with van der Waals surface area (Å²) in [6.07, 6.45) is 4.89. The molecule has 3 heterocycles. The van der Waals surface area contributed by atoms with Crippen molar-refractivity contribution in [3.63, 3.8) is 0 Å². The Morgan fingerprint density at radius 2 is 1.48 bits per heavy atom. The number of benzene rings is 1. The van der Waals surface area contributed by atoms with Crippen molar-refractivity contribution in [2.45, 2.75) is 43.8 Å². The van der Waals surface area contributed by atoms with Gasteiger partial charge in [-0.25, -0.2) is 0 Å². The van der Waals surface area contributed by atoms with Crippen molar-refractivity contribution in [3.05, 3.63) is 41.5 Å². The van der Waals surface area contributed by atoms with Crippen LogP contribution in [0, 0.1) is 0 Å². The second-order valence-electron chi connectivity index (χ2n) is 7.07. The molecular formula is C18H25GeNO3. The van der Waals surface area contributed by atoms with E-state index in [0.717, 1.165) is 19.6 Å². The van der Waals surface area contributed by atoms with Gasteiger partial charge in [-0.2, -0.15) is 0 Å². The molecule has 124 valence electrons. The zero-order valence-corrected chi connectivity index (χ0v) is 16.2. The van der Waals surface area contributed by atoms with E-state index < -0.39 is 14.3 Å². The van der Waals surface area contributed by atoms with Crippen LogP contribution in [0.2, 0.25) is 0 Å². The van der Waals surface area contributed by atoms with Gasteiger partial charge in [0.1, 0.15) is 0 Å². The van der Waals surface area contributed by atoms with Gasteiger partial charge in [0.05, 0.1) is 0 Å². The summed E-state index contributed by atoms with van der Waals surface area (Å²) < 4.78 is 19.9. The molecule has 4 aliphatic rings. The molecule has 1 aliphatic carbocycles. The van der Waals surface area contributed by atoms with Gasteiger partial charge >= 0.3 is 141 Å². The van der Waals surface area contributed by atoms with E-state index in [1.54, 1.807) is 0 Å². The minimum absolute atomic E-state index is 0.149. The van der Waals surface area contributed by atoms with Gasteiger partial charge in [0, 0.05) is 0 Å². The van der Waals surface area contributed by atoms with Crippen molar-refractivity contribution >= 4 is 20.4 Å². The first kappa shape index (κ1) is 15.8. The van der Waals surface area contributed by atoms with Crippen molar-refractivity contribution in [1.29, 1.82) is 0 Å². The Hall–Kier alpha value is -0.657. The fourth-order valence-corrected chi connectivity index (χ4v) is 11.4. The molecule has 5 rings (SSSR count). The van der Waals surface area contributed by atoms with Crippen LogP contribution in [0.5, 0.6) is 0 Å². The summed E-state index contributed by atoms with van der Waals surface area (Å²) in [7, 11) is 0. The molecule has 3 aliphatic heterocycles. The molecule has 2 bridgehead atoms. The van der Waals surface area contributed by atoms with E-state index in [1.807, 2.05) is 0 Å². The summed E-state index contributed by atoms with van der Waals surface area (Å²) in [6, 6.07) is 8.54. The molecule has 0 amide bonds. The molecule has 0 radical (unpaired) electrons. The van der Waals surface area contributed by atoms with Crippen LogP contribution in [0.3, 0.4) is 0 Å². The zero-order valence-electron chi connectivity index (χ0n) is 14.1. The van der Waals surface area contributed by atoms with Gasteiger partial charge in [-0.05, 0) is 0 Å². The van der Waals surface area contributed by atoms with Gasteiger partial charge in [0.25, 0.3) is 0 Å². The second kappa shape index (κ2) is 6.01. The number of fused-ring (bicyclic) bond motifs is 7. The summed E-state index contributed by atoms with van der Waals surface area (Å²) in [5.74, 6) is 0. The summed E-state index contributed by atoms with van der Waals surface area (Å²) in [5.41, 5.74) is 2.57. The summed E-state index contributed by atoms with van der Waals surface area (Å²) in [5, 5.41) is 0. The minimum atomic E-state index is -3.48. The monoisotopic (exact) mass is 377 g/mol. The van der Waals surface area contributed by atoms with Crippen molar-refractivity contribution in [2.24, 2.45) is 0 Å². The average molecular weight is 376 g/mol. The van der Waals surface area contributed by atoms with E-state index in [1.165, 1.54) is 11.1 Å². The van der Waals surface area contributed by atoms with E-state index in [4.69, 9.17) is 11.3 Å². The Morgan fingerprint density at radius 3 is 2.09 bits per heavy atom. The zero-order chi connectivity index (χ0) is 16.0. The van der Waals surface area contributed by atoms with Crippen LogP contribution >= 0.6 is 0 Å². The molecule has 3 fully saturated rings. The third kappa shape index (κ3) is 2.91. The van der Waals surface area contributed by atoms with E-state index in [9.17, 15) is 0 Å². The maximum atomic E-state index is 6.58. The molecule has 0 N–H and O–H groups in total. The van der Waals surface area contributed by atoms with E-state index in [0.29, 0.717) is 0 Å². The fraction of sp³-hybridized carbons (Fsp3) is 0.556. The van der Waals surface area contributed by atoms with Crippen LogP contribution in [0.25, 0.3) is 6.08 Å². The molecule has 3 saturated heterocycles. The van der Waals surface area contributed by atoms with Crippen LogP contribution in [0.1, 0.15) is 36.6 Å². The fourth-order valence-electron chi connectivity index (χ4n) is 4.13. The third-order valence-corrected chi connectivity index (χ3v) is 12.1. The van der Waals surface area contributed by atoms with Gasteiger partial charge < -0.3 is 0 Å². The van der Waals surface area contributed by atoms with Crippen molar-refractivity contribution in [2.75, 3.05) is 19.6 Å². The van der Waals surface area contributed by atoms with Crippen molar-refractivity contribution in [1.82, 2.24) is 4.90 Å². The van der Waals surface area contributed by atoms with Gasteiger partial charge in [0.15, 0.2) is 0 Å². The first-order chi connectivity index (χ1) is 11.1. The molecule has 5 heteroatoms. The molecule has 0 spiro atoms. The summed E-state index contributed by atoms with van der Waals surface area (Å²) in [6.45, 7) is 9.34. The van der Waals surface area contributed by atoms with E-state index in [-0.39, 0.29) is 23.1 Å². The summed E-state index contributed by atoms with van der Waals surface area (Å²) in [4.78, 5) is 2.41. The molecule has 4 nitrogen and oxygen atoms in total. The Kier molecular flexibility index (Phi) is 4.14. The van der Waals surface area contributed by atoms with Crippen LogP contribution in [-0.4, -0.2) is 57.1 Å². The third-order valence-electron chi connectivity index (χ3n) is 4.82. The van der Waals surface area contributed by atoms with Crippen molar-refractivity contribution in [3.8, 4) is 0 Å². The number of hydrogen-bond acceptors (Lipinski definition) is 4. The average Bonchev–Trinajstić information content (AvgIpc) is 2.87. The molecule has 4 atom stereocenters. The Bertz CT molecular complexity index is 584. The molecule has 0 saturated carbocycles. The molecule has 23 heavy (non-hydrogen) atoms. The molecule has 4 unspecified atom stereocenters. The van der Waals surface area contributed by atoms with Gasteiger partial charge in [0.2, 0.25) is 0 Å². The Morgan fingerprint density at radius 1 is 0.913 bits per heavy atom. The van der Waals surface area contributed by atoms with Gasteiger partial charge in [-0.3, -0.25) is 0 Å². The standard InChI is InChI=1S/C18H25GeNO3/c1-13-10-20-11-14(2)22-19(21-13,23-15(3)12-20)18-9-8-16-6-4-5-7-17(16)18/h4-9,13-15,18H,10-12H2,1-3H3. The van der Waals surface area contributed by atoms with Gasteiger partial charge in [-0.1, -0.05) is 0 Å². The number of hydrogen-bond donors (Lipinski definition) is 0. The number of rotatable bonds is 1. The number of nitrogens with zero attached hydrogens (tertiary/aromatic N) is 1. The van der Waals surface area contributed by atoms with Crippen LogP contribution in [-0.2, 0) is 11.3 Å². The molecule has 1 aromatic rings. The molecule has 1 aromatic carbocycles. The summed E-state index contributed by atoms with van der Waals surface area (Å²) >= 11 is -3.48. The first-order valence-corrected chi connectivity index (χ1v) is 12.4. The Labute approximate surface area is 141 Å². The van der Waals surface area contributed by atoms with E-state index >= 15 is 0 Å². The van der Waals surface area contributed by atoms with Crippen LogP contribution < -0.4 is 0 Å². The normalized spacial score (nSPS) is 42.8. The first-order valence-electron chi connectivity index (χ1n) is 8.59. The second-order valence-corrected chi connectivity index (χ2v) is 12.4. The topological polar surface area (TPSA) is 30.9 Å². The SMILES string of the molecule is CC1CN2CC(C)[O][Ge]([CH]3C=Cc4ccccc43)([O]1)[O]C(C)C2. The predicted molar refractivity (Wildman–Crippen MR) is 92.1 cm³/mol. The van der Waals surface area contributed by atoms with Crippen LogP contribution in [0.4, 0.5) is 0 Å². The molecule has 0 aromatic heterocycles. The van der Waals surface area contributed by atoms with Crippen molar-refractivity contribution < 1.29 is 11.3 Å². The van der Waals surface area contributed by atoms with Gasteiger partial charge in [-0.15, -0.1) is 0 Å². The molecular weight excluding hydrogens is 351 g/mol. The maximum absolute atomic E-state index is 6.58. The predicted octanol–water partition coefficient (Wildman–Crippen LogP) is 2.82. The quantitative estimate of drug-likeness (QED) is 0.706. The Balaban J connectivity index is 1.77.